The van der Waals surface area contributed by atoms with Crippen molar-refractivity contribution in [2.75, 3.05) is 37.5 Å². The van der Waals surface area contributed by atoms with E-state index < -0.39 is 18.0 Å². The van der Waals surface area contributed by atoms with Gasteiger partial charge in [0.25, 0.3) is 5.91 Å². The summed E-state index contributed by atoms with van der Waals surface area (Å²) in [5, 5.41) is 2.65. The zero-order valence-corrected chi connectivity index (χ0v) is 22.1. The van der Waals surface area contributed by atoms with Crippen LogP contribution in [0.5, 0.6) is 11.5 Å². The fraction of sp³-hybridized carbons (Fsp3) is 0.241. The van der Waals surface area contributed by atoms with E-state index in [-0.39, 0.29) is 37.0 Å². The van der Waals surface area contributed by atoms with Gasteiger partial charge in [0.2, 0.25) is 5.91 Å². The molecule has 0 unspecified atom stereocenters. The predicted molar refractivity (Wildman–Crippen MR) is 145 cm³/mol. The number of rotatable bonds is 8. The Balaban J connectivity index is 1.30. The monoisotopic (exact) mass is 546 g/mol. The van der Waals surface area contributed by atoms with Crippen molar-refractivity contribution in [1.29, 1.82) is 0 Å². The molecule has 3 aromatic rings. The first kappa shape index (κ1) is 26.7. The Morgan fingerprint density at radius 2 is 2.02 bits per heavy atom. The molecule has 0 spiro atoms. The number of benzene rings is 2. The summed E-state index contributed by atoms with van der Waals surface area (Å²) in [5.41, 5.74) is 2.14. The maximum absolute atomic E-state index is 15.1. The standard InChI is InChI=1S/C29H27FN4O6/c1-17(35)33(14-19-7-9-21(38-2)13-26(19)39-3)15-22-16-34(29(37)40-22)20-8-6-18(25(30)12-20)11-24-23-5-4-10-31-27(23)32-28(24)36/h4-13,22H,14-16H2,1-3H3,(H,31,32,36)/b24-11+/t22-/m0/s1. The van der Waals surface area contributed by atoms with Crippen LogP contribution in [-0.4, -0.2) is 61.2 Å². The van der Waals surface area contributed by atoms with Gasteiger partial charge in [-0.1, -0.05) is 0 Å². The molecule has 2 aromatic carbocycles. The number of halogens is 1. The molecule has 5 rings (SSSR count). The van der Waals surface area contributed by atoms with Crippen molar-refractivity contribution in [2.45, 2.75) is 19.6 Å². The maximum atomic E-state index is 15.1. The first-order valence-electron chi connectivity index (χ1n) is 12.5. The number of pyridine rings is 1. The van der Waals surface area contributed by atoms with Gasteiger partial charge < -0.3 is 24.4 Å². The van der Waals surface area contributed by atoms with Gasteiger partial charge in [0.05, 0.1) is 38.6 Å². The second-order valence-corrected chi connectivity index (χ2v) is 9.31. The molecule has 11 heteroatoms. The summed E-state index contributed by atoms with van der Waals surface area (Å²) >= 11 is 0. The Labute approximate surface area is 230 Å². The largest absolute Gasteiger partial charge is 0.497 e. The molecular formula is C29H27FN4O6. The van der Waals surface area contributed by atoms with E-state index in [1.54, 1.807) is 48.5 Å². The SMILES string of the molecule is COc1ccc(CN(C[C@H]2CN(c3ccc(/C=C4/C(=O)Nc5ncccc54)c(F)c3)C(=O)O2)C(C)=O)c(OC)c1. The van der Waals surface area contributed by atoms with Gasteiger partial charge in [-0.2, -0.15) is 0 Å². The zero-order chi connectivity index (χ0) is 28.4. The Kier molecular flexibility index (Phi) is 7.37. The highest BCUT2D eigenvalue weighted by atomic mass is 19.1. The van der Waals surface area contributed by atoms with Crippen molar-refractivity contribution in [2.24, 2.45) is 0 Å². The lowest BCUT2D eigenvalue weighted by molar-refractivity contribution is -0.130. The third-order valence-electron chi connectivity index (χ3n) is 6.77. The highest BCUT2D eigenvalue weighted by molar-refractivity contribution is 6.34. The van der Waals surface area contributed by atoms with Crippen LogP contribution < -0.4 is 19.7 Å². The van der Waals surface area contributed by atoms with Crippen LogP contribution in [0.1, 0.15) is 23.6 Å². The molecular weight excluding hydrogens is 519 g/mol. The molecule has 40 heavy (non-hydrogen) atoms. The molecule has 206 valence electrons. The lowest BCUT2D eigenvalue weighted by Gasteiger charge is -2.24. The molecule has 1 fully saturated rings. The zero-order valence-electron chi connectivity index (χ0n) is 22.1. The summed E-state index contributed by atoms with van der Waals surface area (Å²) in [6.07, 6.45) is 1.74. The molecule has 2 aliphatic heterocycles. The molecule has 1 atom stereocenters. The van der Waals surface area contributed by atoms with Gasteiger partial charge in [-0.3, -0.25) is 14.5 Å². The fourth-order valence-corrected chi connectivity index (χ4v) is 4.69. The highest BCUT2D eigenvalue weighted by Gasteiger charge is 2.34. The second kappa shape index (κ2) is 11.0. The van der Waals surface area contributed by atoms with E-state index in [1.807, 2.05) is 6.07 Å². The smallest absolute Gasteiger partial charge is 0.414 e. The van der Waals surface area contributed by atoms with Crippen LogP contribution in [0.25, 0.3) is 11.6 Å². The third kappa shape index (κ3) is 5.31. The number of hydrogen-bond acceptors (Lipinski definition) is 7. The van der Waals surface area contributed by atoms with Crippen LogP contribution in [0.4, 0.5) is 20.7 Å². The third-order valence-corrected chi connectivity index (χ3v) is 6.77. The van der Waals surface area contributed by atoms with E-state index in [2.05, 4.69) is 10.3 Å². The molecule has 10 nitrogen and oxygen atoms in total. The number of hydrogen-bond donors (Lipinski definition) is 1. The van der Waals surface area contributed by atoms with Crippen molar-refractivity contribution in [1.82, 2.24) is 9.88 Å². The van der Waals surface area contributed by atoms with Gasteiger partial charge in [0.15, 0.2) is 0 Å². The topological polar surface area (TPSA) is 110 Å². The Morgan fingerprint density at radius 3 is 2.75 bits per heavy atom. The lowest BCUT2D eigenvalue weighted by atomic mass is 10.0. The maximum Gasteiger partial charge on any atom is 0.414 e. The van der Waals surface area contributed by atoms with Crippen molar-refractivity contribution >= 4 is 41.1 Å². The van der Waals surface area contributed by atoms with Crippen LogP contribution >= 0.6 is 0 Å². The van der Waals surface area contributed by atoms with Gasteiger partial charge in [-0.05, 0) is 48.5 Å². The number of fused-ring (bicyclic) bond motifs is 1. The fourth-order valence-electron chi connectivity index (χ4n) is 4.69. The van der Waals surface area contributed by atoms with Gasteiger partial charge >= 0.3 is 6.09 Å². The van der Waals surface area contributed by atoms with E-state index in [4.69, 9.17) is 14.2 Å². The molecule has 2 aliphatic rings. The number of aromatic nitrogens is 1. The number of nitrogens with one attached hydrogen (secondary N) is 1. The van der Waals surface area contributed by atoms with Gasteiger partial charge in [0, 0.05) is 42.4 Å². The number of ether oxygens (including phenoxy) is 3. The summed E-state index contributed by atoms with van der Waals surface area (Å²) in [6.45, 7) is 1.94. The summed E-state index contributed by atoms with van der Waals surface area (Å²) in [6, 6.07) is 13.0. The summed E-state index contributed by atoms with van der Waals surface area (Å²) < 4.78 is 31.3. The van der Waals surface area contributed by atoms with Gasteiger partial charge in [0.1, 0.15) is 29.2 Å². The Morgan fingerprint density at radius 1 is 1.20 bits per heavy atom. The minimum atomic E-state index is -0.642. The van der Waals surface area contributed by atoms with Crippen molar-refractivity contribution < 1.29 is 33.0 Å². The average Bonchev–Trinajstić information content (AvgIpc) is 3.47. The first-order valence-corrected chi connectivity index (χ1v) is 12.5. The average molecular weight is 547 g/mol. The number of methoxy groups -OCH3 is 2. The van der Waals surface area contributed by atoms with Gasteiger partial charge in [-0.15, -0.1) is 0 Å². The van der Waals surface area contributed by atoms with E-state index in [0.717, 1.165) is 5.56 Å². The number of carbonyl (C=O) groups is 3. The van der Waals surface area contributed by atoms with E-state index >= 15 is 4.39 Å². The molecule has 0 saturated carbocycles. The summed E-state index contributed by atoms with van der Waals surface area (Å²) in [5.74, 6) is 0.429. The predicted octanol–water partition coefficient (Wildman–Crippen LogP) is 4.10. The van der Waals surface area contributed by atoms with Crippen LogP contribution in [0.2, 0.25) is 0 Å². The first-order chi connectivity index (χ1) is 19.3. The van der Waals surface area contributed by atoms with Crippen LogP contribution in [0, 0.1) is 5.82 Å². The van der Waals surface area contributed by atoms with Crippen LogP contribution in [0.15, 0.2) is 54.7 Å². The molecule has 1 N–H and O–H groups in total. The van der Waals surface area contributed by atoms with Crippen molar-refractivity contribution in [3.8, 4) is 11.5 Å². The minimum absolute atomic E-state index is 0.129. The highest BCUT2D eigenvalue weighted by Crippen LogP contribution is 2.33. The van der Waals surface area contributed by atoms with Gasteiger partial charge in [-0.25, -0.2) is 14.2 Å². The summed E-state index contributed by atoms with van der Waals surface area (Å²) in [7, 11) is 3.09. The molecule has 0 radical (unpaired) electrons. The number of cyclic esters (lactones) is 1. The summed E-state index contributed by atoms with van der Waals surface area (Å²) in [4.78, 5) is 44.5. The molecule has 0 bridgehead atoms. The number of anilines is 2. The van der Waals surface area contributed by atoms with Crippen LogP contribution in [-0.2, 0) is 20.9 Å². The quantitative estimate of drug-likeness (QED) is 0.424. The van der Waals surface area contributed by atoms with Crippen molar-refractivity contribution in [3.63, 3.8) is 0 Å². The van der Waals surface area contributed by atoms with Crippen molar-refractivity contribution in [3.05, 3.63) is 77.2 Å². The van der Waals surface area contributed by atoms with E-state index in [0.29, 0.717) is 34.1 Å². The molecule has 1 aromatic heterocycles. The second-order valence-electron chi connectivity index (χ2n) is 9.31. The molecule has 3 amide bonds. The minimum Gasteiger partial charge on any atom is -0.497 e. The number of amides is 3. The lowest BCUT2D eigenvalue weighted by Crippen LogP contribution is -2.37. The Hall–Kier alpha value is -4.93. The van der Waals surface area contributed by atoms with E-state index in [1.165, 1.54) is 37.1 Å². The Bertz CT molecular complexity index is 1520. The normalized spacial score (nSPS) is 16.9. The van der Waals surface area contributed by atoms with E-state index in [9.17, 15) is 14.4 Å². The number of nitrogens with zero attached hydrogens (tertiary/aromatic N) is 3. The molecule has 0 aliphatic carbocycles. The van der Waals surface area contributed by atoms with Crippen LogP contribution in [0.3, 0.4) is 0 Å². The molecule has 3 heterocycles. The molecule has 1 saturated heterocycles. The number of carbonyl (C=O) groups excluding carboxylic acids is 3.